The maximum absolute atomic E-state index is 12.3. The highest BCUT2D eigenvalue weighted by molar-refractivity contribution is 8.00. The van der Waals surface area contributed by atoms with E-state index in [9.17, 15) is 9.90 Å². The van der Waals surface area contributed by atoms with Crippen LogP contribution in [0.5, 0.6) is 0 Å². The molecule has 2 aliphatic rings. The molecule has 2 aliphatic carbocycles. The summed E-state index contributed by atoms with van der Waals surface area (Å²) in [5.41, 5.74) is 0.500. The molecule has 0 spiro atoms. The molecule has 0 unspecified atom stereocenters. The van der Waals surface area contributed by atoms with Gasteiger partial charge < -0.3 is 10.4 Å². The molecule has 5 heteroatoms. The summed E-state index contributed by atoms with van der Waals surface area (Å²) in [5, 5.41) is 15.7. The van der Waals surface area contributed by atoms with Crippen LogP contribution in [0, 0.1) is 0 Å². The van der Waals surface area contributed by atoms with Crippen LogP contribution >= 0.6 is 23.1 Å². The van der Waals surface area contributed by atoms with E-state index in [-0.39, 0.29) is 11.2 Å². The summed E-state index contributed by atoms with van der Waals surface area (Å²) in [4.78, 5) is 13.1. The summed E-state index contributed by atoms with van der Waals surface area (Å²) in [6, 6.07) is 2.07. The summed E-state index contributed by atoms with van der Waals surface area (Å²) < 4.78 is 0. The van der Waals surface area contributed by atoms with Crippen molar-refractivity contribution in [3.63, 3.8) is 0 Å². The van der Waals surface area contributed by atoms with Crippen molar-refractivity contribution in [1.29, 1.82) is 0 Å². The van der Waals surface area contributed by atoms with Crippen LogP contribution in [0.25, 0.3) is 0 Å². The number of carbonyl (C=O) groups excluding carboxylic acids is 1. The molecular weight excluding hydrogens is 290 g/mol. The van der Waals surface area contributed by atoms with Gasteiger partial charge in [-0.25, -0.2) is 0 Å². The number of amides is 1. The van der Waals surface area contributed by atoms with E-state index in [0.717, 1.165) is 23.5 Å². The largest absolute Gasteiger partial charge is 0.387 e. The van der Waals surface area contributed by atoms with E-state index >= 15 is 0 Å². The van der Waals surface area contributed by atoms with Gasteiger partial charge in [0.2, 0.25) is 0 Å². The molecule has 2 saturated carbocycles. The van der Waals surface area contributed by atoms with Gasteiger partial charge in [-0.05, 0) is 54.4 Å². The Morgan fingerprint density at radius 3 is 2.95 bits per heavy atom. The molecule has 0 bridgehead atoms. The van der Waals surface area contributed by atoms with Crippen molar-refractivity contribution in [2.24, 2.45) is 0 Å². The summed E-state index contributed by atoms with van der Waals surface area (Å²) in [5.74, 6) is 1.59. The van der Waals surface area contributed by atoms with E-state index in [1.54, 1.807) is 11.8 Å². The normalized spacial score (nSPS) is 29.0. The first-order valence-electron chi connectivity index (χ1n) is 7.33. The van der Waals surface area contributed by atoms with Gasteiger partial charge in [0.05, 0.1) is 10.5 Å². The third-order valence-electron chi connectivity index (χ3n) is 4.28. The second-order valence-corrected chi connectivity index (χ2v) is 8.14. The monoisotopic (exact) mass is 311 g/mol. The van der Waals surface area contributed by atoms with Gasteiger partial charge in [-0.2, -0.15) is 11.8 Å². The molecule has 0 aromatic carbocycles. The molecule has 20 heavy (non-hydrogen) atoms. The van der Waals surface area contributed by atoms with Crippen LogP contribution < -0.4 is 5.32 Å². The van der Waals surface area contributed by atoms with Gasteiger partial charge in [0, 0.05) is 11.8 Å². The molecule has 3 nitrogen and oxygen atoms in total. The molecule has 110 valence electrons. The van der Waals surface area contributed by atoms with Crippen LogP contribution in [0.1, 0.15) is 53.8 Å². The van der Waals surface area contributed by atoms with Crippen molar-refractivity contribution in [3.05, 3.63) is 21.9 Å². The minimum atomic E-state index is -0.701. The third-order valence-corrected chi connectivity index (χ3v) is 6.62. The first-order valence-corrected chi connectivity index (χ1v) is 9.26. The van der Waals surface area contributed by atoms with Gasteiger partial charge in [0.15, 0.2) is 0 Å². The number of thioether (sulfide) groups is 1. The molecule has 1 amide bonds. The topological polar surface area (TPSA) is 49.3 Å². The number of nitrogens with one attached hydrogen (secondary N) is 1. The molecular formula is C15H21NO2S2. The zero-order valence-corrected chi connectivity index (χ0v) is 13.4. The van der Waals surface area contributed by atoms with Crippen molar-refractivity contribution in [3.8, 4) is 0 Å². The zero-order valence-electron chi connectivity index (χ0n) is 11.7. The summed E-state index contributed by atoms with van der Waals surface area (Å²) in [7, 11) is 0. The molecule has 2 fully saturated rings. The Balaban J connectivity index is 1.58. The van der Waals surface area contributed by atoms with Crippen LogP contribution in [0.3, 0.4) is 0 Å². The lowest BCUT2D eigenvalue weighted by molar-refractivity contribution is -0.0221. The molecule has 1 aromatic heterocycles. The van der Waals surface area contributed by atoms with Crippen molar-refractivity contribution in [2.75, 3.05) is 12.3 Å². The quantitative estimate of drug-likeness (QED) is 0.849. The van der Waals surface area contributed by atoms with Crippen molar-refractivity contribution in [1.82, 2.24) is 5.32 Å². The van der Waals surface area contributed by atoms with Gasteiger partial charge in [-0.15, -0.1) is 11.3 Å². The fourth-order valence-corrected chi connectivity index (χ4v) is 4.87. The SMILES string of the molecule is CCS[C@H]1CC[C@@]1(O)CNC(=O)c1sccc1C1CC1. The lowest BCUT2D eigenvalue weighted by Crippen LogP contribution is -2.57. The van der Waals surface area contributed by atoms with Crippen LogP contribution in [-0.2, 0) is 0 Å². The fourth-order valence-electron chi connectivity index (χ4n) is 2.77. The van der Waals surface area contributed by atoms with E-state index in [1.807, 2.05) is 5.38 Å². The molecule has 3 rings (SSSR count). The van der Waals surface area contributed by atoms with Crippen molar-refractivity contribution >= 4 is 29.0 Å². The van der Waals surface area contributed by atoms with Crippen molar-refractivity contribution < 1.29 is 9.90 Å². The lowest BCUT2D eigenvalue weighted by Gasteiger charge is -2.45. The highest BCUT2D eigenvalue weighted by atomic mass is 32.2. The van der Waals surface area contributed by atoms with Gasteiger partial charge in [-0.3, -0.25) is 4.79 Å². The summed E-state index contributed by atoms with van der Waals surface area (Å²) >= 11 is 3.31. The Bertz CT molecular complexity index is 498. The Hall–Kier alpha value is -0.520. The second kappa shape index (κ2) is 5.70. The van der Waals surface area contributed by atoms with Crippen LogP contribution in [-0.4, -0.2) is 34.2 Å². The van der Waals surface area contributed by atoms with Crippen molar-refractivity contribution in [2.45, 2.75) is 49.4 Å². The lowest BCUT2D eigenvalue weighted by atomic mass is 9.79. The van der Waals surface area contributed by atoms with Gasteiger partial charge in [0.1, 0.15) is 0 Å². The van der Waals surface area contributed by atoms with E-state index in [0.29, 0.717) is 12.5 Å². The van der Waals surface area contributed by atoms with Gasteiger partial charge in [0.25, 0.3) is 5.91 Å². The predicted octanol–water partition coefficient (Wildman–Crippen LogP) is 3.00. The Morgan fingerprint density at radius 1 is 1.55 bits per heavy atom. The highest BCUT2D eigenvalue weighted by Crippen LogP contribution is 2.43. The first kappa shape index (κ1) is 14.4. The fraction of sp³-hybridized carbons (Fsp3) is 0.667. The van der Waals surface area contributed by atoms with Crippen LogP contribution in [0.2, 0.25) is 0 Å². The average molecular weight is 311 g/mol. The Kier molecular flexibility index (Phi) is 4.11. The summed E-state index contributed by atoms with van der Waals surface area (Å²) in [6.07, 6.45) is 4.26. The molecule has 2 N–H and O–H groups in total. The Labute approximate surface area is 128 Å². The predicted molar refractivity (Wildman–Crippen MR) is 84.7 cm³/mol. The molecule has 0 saturated heterocycles. The number of thiophene rings is 1. The van der Waals surface area contributed by atoms with Gasteiger partial charge in [-0.1, -0.05) is 6.92 Å². The minimum absolute atomic E-state index is 0.0116. The van der Waals surface area contributed by atoms with Gasteiger partial charge >= 0.3 is 0 Å². The van der Waals surface area contributed by atoms with Crippen LogP contribution in [0.15, 0.2) is 11.4 Å². The number of hydrogen-bond donors (Lipinski definition) is 2. The Morgan fingerprint density at radius 2 is 2.35 bits per heavy atom. The van der Waals surface area contributed by atoms with Crippen LogP contribution in [0.4, 0.5) is 0 Å². The molecule has 2 atom stereocenters. The number of aliphatic hydroxyl groups is 1. The van der Waals surface area contributed by atoms with E-state index < -0.39 is 5.60 Å². The number of hydrogen-bond acceptors (Lipinski definition) is 4. The molecule has 0 radical (unpaired) electrons. The van der Waals surface area contributed by atoms with E-state index in [2.05, 4.69) is 18.3 Å². The molecule has 1 aromatic rings. The summed E-state index contributed by atoms with van der Waals surface area (Å²) in [6.45, 7) is 2.49. The zero-order chi connectivity index (χ0) is 14.2. The standard InChI is InChI=1S/C15H21NO2S2/c1-2-19-12-5-7-15(12,18)9-16-14(17)13-11(6-8-20-13)10-3-4-10/h6,8,10,12,18H,2-5,7,9H2,1H3,(H,16,17)/t12-,15+/m0/s1. The number of rotatable bonds is 6. The second-order valence-electron chi connectivity index (χ2n) is 5.75. The maximum Gasteiger partial charge on any atom is 0.261 e. The maximum atomic E-state index is 12.3. The average Bonchev–Trinajstić information content (AvgIpc) is 3.17. The third kappa shape index (κ3) is 2.76. The highest BCUT2D eigenvalue weighted by Gasteiger charge is 2.45. The van der Waals surface area contributed by atoms with E-state index in [1.165, 1.54) is 29.7 Å². The first-order chi connectivity index (χ1) is 9.64. The smallest absolute Gasteiger partial charge is 0.261 e. The molecule has 1 heterocycles. The molecule has 0 aliphatic heterocycles. The number of carbonyl (C=O) groups is 1. The van der Waals surface area contributed by atoms with E-state index in [4.69, 9.17) is 0 Å². The minimum Gasteiger partial charge on any atom is -0.387 e.